The Hall–Kier alpha value is -2.04. The molecule has 4 rings (SSSR count). The molecule has 2 aliphatic rings. The van der Waals surface area contributed by atoms with Gasteiger partial charge in [-0.25, -0.2) is 0 Å². The van der Waals surface area contributed by atoms with Crippen LogP contribution in [0.1, 0.15) is 12.0 Å². The summed E-state index contributed by atoms with van der Waals surface area (Å²) in [6.07, 6.45) is 1.42. The van der Waals surface area contributed by atoms with Gasteiger partial charge in [0.2, 0.25) is 11.8 Å². The van der Waals surface area contributed by atoms with Crippen LogP contribution in [0.5, 0.6) is 0 Å². The maximum absolute atomic E-state index is 12.8. The van der Waals surface area contributed by atoms with Crippen molar-refractivity contribution in [1.29, 1.82) is 0 Å². The molecular weight excluding hydrogens is 359 g/mol. The second-order valence-electron chi connectivity index (χ2n) is 6.40. The zero-order valence-corrected chi connectivity index (χ0v) is 14.8. The summed E-state index contributed by atoms with van der Waals surface area (Å²) in [6, 6.07) is 13.0. The Morgan fingerprint density at radius 2 is 1.72 bits per heavy atom. The fourth-order valence-corrected chi connectivity index (χ4v) is 3.85. The molecule has 1 fully saturated rings. The second-order valence-corrected chi connectivity index (χ2v) is 7.22. The van der Waals surface area contributed by atoms with Crippen molar-refractivity contribution in [2.75, 3.05) is 16.8 Å². The molecule has 0 aromatic heterocycles. The van der Waals surface area contributed by atoms with Crippen LogP contribution in [0.4, 0.5) is 11.4 Å². The van der Waals surface area contributed by atoms with Crippen LogP contribution in [0.15, 0.2) is 42.5 Å². The van der Waals surface area contributed by atoms with Crippen molar-refractivity contribution >= 4 is 46.4 Å². The molecule has 128 valence electrons. The van der Waals surface area contributed by atoms with Gasteiger partial charge in [0, 0.05) is 12.2 Å². The highest BCUT2D eigenvalue weighted by Gasteiger charge is 2.50. The number of nitrogens with one attached hydrogen (secondary N) is 1. The maximum atomic E-state index is 12.8. The third-order valence-corrected chi connectivity index (χ3v) is 5.44. The van der Waals surface area contributed by atoms with E-state index in [1.165, 1.54) is 5.56 Å². The summed E-state index contributed by atoms with van der Waals surface area (Å²) in [5, 5.41) is 3.54. The zero-order chi connectivity index (χ0) is 17.6. The smallest absolute Gasteiger partial charge is 0.230 e. The van der Waals surface area contributed by atoms with Crippen molar-refractivity contribution in [3.05, 3.63) is 58.1 Å². The molecule has 0 saturated heterocycles. The summed E-state index contributed by atoms with van der Waals surface area (Å²) in [5.74, 6) is -0.781. The van der Waals surface area contributed by atoms with Crippen molar-refractivity contribution in [2.45, 2.75) is 12.8 Å². The molecule has 2 atom stereocenters. The van der Waals surface area contributed by atoms with Crippen molar-refractivity contribution < 1.29 is 9.59 Å². The fraction of sp³-hybridized carbons (Fsp3) is 0.263. The summed E-state index contributed by atoms with van der Waals surface area (Å²) in [5.41, 5.74) is 2.55. The van der Waals surface area contributed by atoms with Crippen LogP contribution in [-0.4, -0.2) is 18.4 Å². The zero-order valence-electron chi connectivity index (χ0n) is 13.3. The molecule has 6 heteroatoms. The minimum absolute atomic E-state index is 0.0235. The average molecular weight is 375 g/mol. The number of halogens is 2. The molecule has 2 unspecified atom stereocenters. The molecular formula is C19H16Cl2N2O2. The van der Waals surface area contributed by atoms with Gasteiger partial charge in [-0.3, -0.25) is 9.59 Å². The van der Waals surface area contributed by atoms with E-state index in [-0.39, 0.29) is 23.7 Å². The summed E-state index contributed by atoms with van der Waals surface area (Å²) >= 11 is 12.2. The number of carbonyl (C=O) groups is 2. The van der Waals surface area contributed by atoms with Crippen molar-refractivity contribution in [3.63, 3.8) is 0 Å². The van der Waals surface area contributed by atoms with E-state index in [2.05, 4.69) is 5.32 Å². The van der Waals surface area contributed by atoms with Gasteiger partial charge in [0.1, 0.15) is 0 Å². The molecule has 2 amide bonds. The lowest BCUT2D eigenvalue weighted by molar-refractivity contribution is -0.123. The lowest BCUT2D eigenvalue weighted by atomic mass is 10.2. The minimum atomic E-state index is -0.326. The van der Waals surface area contributed by atoms with Crippen LogP contribution in [0.2, 0.25) is 10.0 Å². The largest absolute Gasteiger partial charge is 0.323 e. The molecule has 1 saturated carbocycles. The topological polar surface area (TPSA) is 49.4 Å². The lowest BCUT2D eigenvalue weighted by Gasteiger charge is -2.17. The number of para-hydroxylation sites is 2. The van der Waals surface area contributed by atoms with E-state index in [4.69, 9.17) is 23.2 Å². The van der Waals surface area contributed by atoms with E-state index in [1.54, 1.807) is 23.1 Å². The quantitative estimate of drug-likeness (QED) is 0.876. The van der Waals surface area contributed by atoms with E-state index < -0.39 is 0 Å². The van der Waals surface area contributed by atoms with Gasteiger partial charge in [0.25, 0.3) is 0 Å². The number of benzene rings is 2. The number of rotatable bonds is 3. The molecule has 0 spiro atoms. The molecule has 1 heterocycles. The first-order valence-corrected chi connectivity index (χ1v) is 8.96. The fourth-order valence-electron chi connectivity index (χ4n) is 3.36. The third kappa shape index (κ3) is 3.00. The third-order valence-electron chi connectivity index (χ3n) is 4.81. The lowest BCUT2D eigenvalue weighted by Crippen LogP contribution is -2.32. The number of carbonyl (C=O) groups excluding carboxylic acids is 2. The van der Waals surface area contributed by atoms with E-state index in [0.717, 1.165) is 12.1 Å². The van der Waals surface area contributed by atoms with Crippen LogP contribution >= 0.6 is 23.2 Å². The molecule has 1 N–H and O–H groups in total. The van der Waals surface area contributed by atoms with Gasteiger partial charge < -0.3 is 10.2 Å². The van der Waals surface area contributed by atoms with Gasteiger partial charge in [-0.15, -0.1) is 0 Å². The Morgan fingerprint density at radius 3 is 2.48 bits per heavy atom. The van der Waals surface area contributed by atoms with Gasteiger partial charge in [0.05, 0.1) is 27.6 Å². The minimum Gasteiger partial charge on any atom is -0.323 e. The highest BCUT2D eigenvalue weighted by molar-refractivity contribution is 6.39. The van der Waals surface area contributed by atoms with Gasteiger partial charge in [-0.05, 0) is 36.6 Å². The summed E-state index contributed by atoms with van der Waals surface area (Å²) in [7, 11) is 0. The average Bonchev–Trinajstić information content (AvgIpc) is 3.30. The van der Waals surface area contributed by atoms with Crippen LogP contribution in [0.3, 0.4) is 0 Å². The molecule has 2 aromatic carbocycles. The standard InChI is InChI=1S/C19H16Cl2N2O2/c20-14-5-3-6-15(21)17(14)22-18(24)12-10-13(12)19(25)23-9-8-11-4-1-2-7-16(11)23/h1-7,12-13H,8-10H2,(H,22,24). The predicted octanol–water partition coefficient (Wildman–Crippen LogP) is 4.16. The summed E-state index contributed by atoms with van der Waals surface area (Å²) in [4.78, 5) is 27.0. The van der Waals surface area contributed by atoms with Gasteiger partial charge in [-0.1, -0.05) is 47.5 Å². The SMILES string of the molecule is O=C(Nc1c(Cl)cccc1Cl)C1CC1C(=O)N1CCc2ccccc21. The highest BCUT2D eigenvalue weighted by Crippen LogP contribution is 2.43. The van der Waals surface area contributed by atoms with Crippen LogP contribution in [0.25, 0.3) is 0 Å². The van der Waals surface area contributed by atoms with Gasteiger partial charge in [0.15, 0.2) is 0 Å². The highest BCUT2D eigenvalue weighted by atomic mass is 35.5. The Bertz CT molecular complexity index is 848. The van der Waals surface area contributed by atoms with E-state index in [9.17, 15) is 9.59 Å². The van der Waals surface area contributed by atoms with Crippen LogP contribution < -0.4 is 10.2 Å². The Balaban J connectivity index is 1.44. The Kier molecular flexibility index (Phi) is 4.18. The predicted molar refractivity (Wildman–Crippen MR) is 99.2 cm³/mol. The van der Waals surface area contributed by atoms with E-state index in [0.29, 0.717) is 28.7 Å². The van der Waals surface area contributed by atoms with Crippen molar-refractivity contribution in [1.82, 2.24) is 0 Å². The first-order chi connectivity index (χ1) is 12.1. The first kappa shape index (κ1) is 16.4. The molecule has 0 bridgehead atoms. The number of amides is 2. The normalized spacial score (nSPS) is 21.0. The van der Waals surface area contributed by atoms with Crippen molar-refractivity contribution in [3.8, 4) is 0 Å². The van der Waals surface area contributed by atoms with Gasteiger partial charge >= 0.3 is 0 Å². The number of hydrogen-bond donors (Lipinski definition) is 1. The summed E-state index contributed by atoms with van der Waals surface area (Å²) in [6.45, 7) is 0.680. The van der Waals surface area contributed by atoms with Crippen molar-refractivity contribution in [2.24, 2.45) is 11.8 Å². The number of hydrogen-bond acceptors (Lipinski definition) is 2. The van der Waals surface area contributed by atoms with Gasteiger partial charge in [-0.2, -0.15) is 0 Å². The summed E-state index contributed by atoms with van der Waals surface area (Å²) < 4.78 is 0. The Labute approximate surface area is 155 Å². The monoisotopic (exact) mass is 374 g/mol. The molecule has 2 aromatic rings. The number of anilines is 2. The molecule has 4 nitrogen and oxygen atoms in total. The molecule has 1 aliphatic carbocycles. The first-order valence-electron chi connectivity index (χ1n) is 8.20. The maximum Gasteiger partial charge on any atom is 0.230 e. The number of nitrogens with zero attached hydrogens (tertiary/aromatic N) is 1. The van der Waals surface area contributed by atoms with E-state index in [1.807, 2.05) is 24.3 Å². The van der Waals surface area contributed by atoms with Crippen LogP contribution in [-0.2, 0) is 16.0 Å². The number of fused-ring (bicyclic) bond motifs is 1. The van der Waals surface area contributed by atoms with E-state index >= 15 is 0 Å². The molecule has 0 radical (unpaired) electrons. The molecule has 25 heavy (non-hydrogen) atoms. The Morgan fingerprint density at radius 1 is 1.00 bits per heavy atom. The van der Waals surface area contributed by atoms with Crippen LogP contribution in [0, 0.1) is 11.8 Å². The second kappa shape index (κ2) is 6.36. The molecule has 1 aliphatic heterocycles.